The molecule has 0 saturated carbocycles. The van der Waals surface area contributed by atoms with Gasteiger partial charge in [0.2, 0.25) is 0 Å². The summed E-state index contributed by atoms with van der Waals surface area (Å²) in [5, 5.41) is 8.64. The van der Waals surface area contributed by atoms with Gasteiger partial charge in [-0.2, -0.15) is 0 Å². The lowest BCUT2D eigenvalue weighted by molar-refractivity contribution is -0.131. The molecule has 0 aliphatic heterocycles. The van der Waals surface area contributed by atoms with Crippen LogP contribution < -0.4 is 9.47 Å². The highest BCUT2D eigenvalue weighted by Gasteiger charge is 2.10. The van der Waals surface area contributed by atoms with Crippen molar-refractivity contribution < 1.29 is 24.1 Å². The number of ether oxygens (including phenoxy) is 3. The van der Waals surface area contributed by atoms with Crippen LogP contribution in [0.4, 0.5) is 0 Å². The Hall–Kier alpha value is -2.01. The first-order chi connectivity index (χ1) is 9.81. The van der Waals surface area contributed by atoms with Crippen molar-refractivity contribution in [2.45, 2.75) is 26.4 Å². The topological polar surface area (TPSA) is 65.0 Å². The van der Waals surface area contributed by atoms with Gasteiger partial charge < -0.3 is 19.3 Å². The van der Waals surface area contributed by atoms with E-state index in [4.69, 9.17) is 19.3 Å². The molecule has 0 radical (unpaired) electrons. The summed E-state index contributed by atoms with van der Waals surface area (Å²) in [6, 6.07) is 5.23. The molecule has 21 heavy (non-hydrogen) atoms. The summed E-state index contributed by atoms with van der Waals surface area (Å²) >= 11 is 0. The van der Waals surface area contributed by atoms with E-state index in [1.165, 1.54) is 6.08 Å². The molecule has 0 heterocycles. The largest absolute Gasteiger partial charge is 0.493 e. The molecule has 1 rings (SSSR count). The second-order valence-corrected chi connectivity index (χ2v) is 5.39. The van der Waals surface area contributed by atoms with E-state index in [0.29, 0.717) is 24.7 Å². The highest BCUT2D eigenvalue weighted by Crippen LogP contribution is 2.28. The van der Waals surface area contributed by atoms with Crippen molar-refractivity contribution in [3.05, 3.63) is 29.8 Å². The van der Waals surface area contributed by atoms with Crippen molar-refractivity contribution >= 4 is 12.0 Å². The Morgan fingerprint density at radius 1 is 1.24 bits per heavy atom. The van der Waals surface area contributed by atoms with E-state index < -0.39 is 5.97 Å². The summed E-state index contributed by atoms with van der Waals surface area (Å²) < 4.78 is 16.4. The van der Waals surface area contributed by atoms with Gasteiger partial charge in [0.25, 0.3) is 0 Å². The van der Waals surface area contributed by atoms with E-state index >= 15 is 0 Å². The SMILES string of the molecule is COc1ccc(/C=C/C(=O)O)cc1OCCOC(C)(C)C. The maximum Gasteiger partial charge on any atom is 0.328 e. The molecule has 116 valence electrons. The zero-order chi connectivity index (χ0) is 15.9. The predicted molar refractivity (Wildman–Crippen MR) is 80.9 cm³/mol. The molecule has 0 bridgehead atoms. The molecular formula is C16H22O5. The number of hydrogen-bond acceptors (Lipinski definition) is 4. The monoisotopic (exact) mass is 294 g/mol. The average Bonchev–Trinajstić information content (AvgIpc) is 2.40. The van der Waals surface area contributed by atoms with Crippen molar-refractivity contribution in [2.75, 3.05) is 20.3 Å². The van der Waals surface area contributed by atoms with E-state index in [-0.39, 0.29) is 5.60 Å². The Kier molecular flexibility index (Phi) is 6.24. The minimum absolute atomic E-state index is 0.209. The molecule has 1 N–H and O–H groups in total. The van der Waals surface area contributed by atoms with Crippen LogP contribution in [0, 0.1) is 0 Å². The number of hydrogen-bond donors (Lipinski definition) is 1. The van der Waals surface area contributed by atoms with E-state index in [2.05, 4.69) is 0 Å². The first kappa shape index (κ1) is 17.0. The number of carboxylic acids is 1. The van der Waals surface area contributed by atoms with Gasteiger partial charge in [0.15, 0.2) is 11.5 Å². The number of carbonyl (C=O) groups is 1. The molecule has 1 aromatic rings. The van der Waals surface area contributed by atoms with Crippen LogP contribution in [0.15, 0.2) is 24.3 Å². The molecule has 0 spiro atoms. The summed E-state index contributed by atoms with van der Waals surface area (Å²) in [6.45, 7) is 6.78. The first-order valence-corrected chi connectivity index (χ1v) is 6.67. The third-order valence-electron chi connectivity index (χ3n) is 2.48. The zero-order valence-corrected chi connectivity index (χ0v) is 12.9. The van der Waals surface area contributed by atoms with Gasteiger partial charge in [-0.25, -0.2) is 4.79 Å². The fourth-order valence-corrected chi connectivity index (χ4v) is 1.58. The Morgan fingerprint density at radius 2 is 1.95 bits per heavy atom. The quantitative estimate of drug-likeness (QED) is 0.618. The van der Waals surface area contributed by atoms with E-state index in [9.17, 15) is 4.79 Å². The van der Waals surface area contributed by atoms with Gasteiger partial charge in [-0.1, -0.05) is 6.07 Å². The van der Waals surface area contributed by atoms with Crippen LogP contribution in [0.3, 0.4) is 0 Å². The van der Waals surface area contributed by atoms with Crippen LogP contribution in [0.25, 0.3) is 6.08 Å². The highest BCUT2D eigenvalue weighted by atomic mass is 16.5. The van der Waals surface area contributed by atoms with E-state index in [1.54, 1.807) is 25.3 Å². The highest BCUT2D eigenvalue weighted by molar-refractivity contribution is 5.85. The number of aliphatic carboxylic acids is 1. The van der Waals surface area contributed by atoms with Crippen LogP contribution in [0.2, 0.25) is 0 Å². The standard InChI is InChI=1S/C16H22O5/c1-16(2,3)21-10-9-20-14-11-12(6-8-15(17)18)5-7-13(14)19-4/h5-8,11H,9-10H2,1-4H3,(H,17,18)/b8-6+. The summed E-state index contributed by atoms with van der Waals surface area (Å²) in [7, 11) is 1.56. The average molecular weight is 294 g/mol. The van der Waals surface area contributed by atoms with Gasteiger partial charge >= 0.3 is 5.97 Å². The smallest absolute Gasteiger partial charge is 0.328 e. The Morgan fingerprint density at radius 3 is 2.52 bits per heavy atom. The second-order valence-electron chi connectivity index (χ2n) is 5.39. The minimum Gasteiger partial charge on any atom is -0.493 e. The fraction of sp³-hybridized carbons (Fsp3) is 0.438. The Labute approximate surface area is 125 Å². The normalized spacial score (nSPS) is 11.6. The molecule has 0 fully saturated rings. The Bertz CT molecular complexity index is 500. The van der Waals surface area contributed by atoms with E-state index in [0.717, 1.165) is 11.6 Å². The van der Waals surface area contributed by atoms with Crippen molar-refractivity contribution in [1.29, 1.82) is 0 Å². The third-order valence-corrected chi connectivity index (χ3v) is 2.48. The molecule has 1 aromatic carbocycles. The first-order valence-electron chi connectivity index (χ1n) is 6.67. The molecule has 0 aliphatic rings. The summed E-state index contributed by atoms with van der Waals surface area (Å²) in [4.78, 5) is 10.5. The van der Waals surface area contributed by atoms with Crippen molar-refractivity contribution in [3.8, 4) is 11.5 Å². The molecule has 0 amide bonds. The Balaban J connectivity index is 2.70. The number of methoxy groups -OCH3 is 1. The summed E-state index contributed by atoms with van der Waals surface area (Å²) in [5.41, 5.74) is 0.518. The van der Waals surface area contributed by atoms with Gasteiger partial charge in [-0.05, 0) is 44.5 Å². The molecule has 0 saturated heterocycles. The van der Waals surface area contributed by atoms with E-state index in [1.807, 2.05) is 20.8 Å². The maximum atomic E-state index is 10.5. The third kappa shape index (κ3) is 6.81. The maximum absolute atomic E-state index is 10.5. The summed E-state index contributed by atoms with van der Waals surface area (Å²) in [5.74, 6) is 0.160. The minimum atomic E-state index is -0.994. The molecule has 0 aromatic heterocycles. The van der Waals surface area contributed by atoms with Gasteiger partial charge in [-0.3, -0.25) is 0 Å². The molecule has 5 nitrogen and oxygen atoms in total. The number of benzene rings is 1. The van der Waals surface area contributed by atoms with Gasteiger partial charge in [0.05, 0.1) is 19.3 Å². The lowest BCUT2D eigenvalue weighted by Gasteiger charge is -2.20. The van der Waals surface area contributed by atoms with Gasteiger partial charge in [-0.15, -0.1) is 0 Å². The van der Waals surface area contributed by atoms with Crippen LogP contribution in [-0.4, -0.2) is 37.0 Å². The lowest BCUT2D eigenvalue weighted by atomic mass is 10.2. The number of rotatable bonds is 7. The van der Waals surface area contributed by atoms with Crippen molar-refractivity contribution in [1.82, 2.24) is 0 Å². The predicted octanol–water partition coefficient (Wildman–Crippen LogP) is 2.99. The molecule has 0 aliphatic carbocycles. The van der Waals surface area contributed by atoms with Crippen LogP contribution in [0.5, 0.6) is 11.5 Å². The van der Waals surface area contributed by atoms with Gasteiger partial charge in [0, 0.05) is 6.08 Å². The van der Waals surface area contributed by atoms with Gasteiger partial charge in [0.1, 0.15) is 6.61 Å². The molecular weight excluding hydrogens is 272 g/mol. The zero-order valence-electron chi connectivity index (χ0n) is 12.9. The molecule has 5 heteroatoms. The van der Waals surface area contributed by atoms with Crippen LogP contribution in [-0.2, 0) is 9.53 Å². The van der Waals surface area contributed by atoms with Crippen LogP contribution in [0.1, 0.15) is 26.3 Å². The lowest BCUT2D eigenvalue weighted by Crippen LogP contribution is -2.22. The summed E-state index contributed by atoms with van der Waals surface area (Å²) in [6.07, 6.45) is 2.58. The second kappa shape index (κ2) is 7.69. The number of carboxylic acid groups (broad SMARTS) is 1. The molecule has 0 unspecified atom stereocenters. The van der Waals surface area contributed by atoms with Crippen LogP contribution >= 0.6 is 0 Å². The van der Waals surface area contributed by atoms with Crippen molar-refractivity contribution in [2.24, 2.45) is 0 Å². The molecule has 0 atom stereocenters. The van der Waals surface area contributed by atoms with Crippen molar-refractivity contribution in [3.63, 3.8) is 0 Å². The fourth-order valence-electron chi connectivity index (χ4n) is 1.58.